The number of esters is 3. The van der Waals surface area contributed by atoms with Crippen molar-refractivity contribution in [3.63, 3.8) is 0 Å². The van der Waals surface area contributed by atoms with Gasteiger partial charge >= 0.3 is 17.9 Å². The van der Waals surface area contributed by atoms with Crippen LogP contribution in [0.15, 0.2) is 249 Å². The predicted molar refractivity (Wildman–Crippen MR) is 421 cm³/mol. The lowest BCUT2D eigenvalue weighted by molar-refractivity contribution is -0.160. The molecule has 10 nitrogen and oxygen atoms in total. The van der Waals surface area contributed by atoms with Gasteiger partial charge in [0.05, 0.1) is 23.6 Å². The number of Topliss-reactive ketones (excluding diaryl/α,β-unsaturated/α-hetero) is 1. The van der Waals surface area contributed by atoms with Crippen LogP contribution in [0.2, 0.25) is 0 Å². The van der Waals surface area contributed by atoms with Crippen molar-refractivity contribution in [2.45, 2.75) is 96.7 Å². The fourth-order valence-electron chi connectivity index (χ4n) is 10.7. The van der Waals surface area contributed by atoms with Crippen LogP contribution in [0.3, 0.4) is 0 Å². The highest BCUT2D eigenvalue weighted by Gasteiger charge is 2.39. The van der Waals surface area contributed by atoms with Crippen LogP contribution < -0.4 is 14.2 Å². The lowest BCUT2D eigenvalue weighted by atomic mass is 9.91. The number of hydrogen-bond acceptors (Lipinski definition) is 10. The molecule has 0 fully saturated rings. The summed E-state index contributed by atoms with van der Waals surface area (Å²) in [5.41, 5.74) is -0.462. The molecule has 0 bridgehead atoms. The Morgan fingerprint density at radius 3 is 1.49 bits per heavy atom. The minimum Gasteiger partial charge on any atom is -0.482 e. The van der Waals surface area contributed by atoms with Crippen molar-refractivity contribution >= 4 is 171 Å². The number of fused-ring (bicyclic) bond motifs is 5. The van der Waals surface area contributed by atoms with E-state index in [4.69, 9.17) is 28.4 Å². The molecular formula is C78H69F2I4O10S3+3. The quantitative estimate of drug-likeness (QED) is 0.0231. The number of thiol groups is 1. The maximum atomic E-state index is 14.9. The molecule has 12 rings (SSSR count). The second-order valence-corrected chi connectivity index (χ2v) is 35.7. The normalized spacial score (nSPS) is 14.1. The smallest absolute Gasteiger partial charge is 0.345 e. The SMILES string of the molecule is CC(C)(C)OC(=O)COc1c(F)cc([SH+]2=C3C=CC=CC3C(=O)c3ccccc32)cc1F.CC(C)(C)OC(=O)COc1c(I)cc(-[s+]2c3ccccc3c3ccccc32)cc1I.CC(C)(OC(=O)COc1ccc([S+](c2ccc(I)cc2)c2ccc(I)cc2)cc1)c1ccccc1. The van der Waals surface area contributed by atoms with Crippen LogP contribution in [-0.4, -0.2) is 59.6 Å². The van der Waals surface area contributed by atoms with Crippen LogP contribution in [0.25, 0.3) is 25.1 Å². The zero-order valence-electron chi connectivity index (χ0n) is 54.2. The molecule has 9 aromatic carbocycles. The molecule has 1 aliphatic carbocycles. The third kappa shape index (κ3) is 18.7. The lowest BCUT2D eigenvalue weighted by Gasteiger charge is -2.25. The summed E-state index contributed by atoms with van der Waals surface area (Å²) >= 11 is 9.25. The number of allylic oxidation sites excluding steroid dienone is 4. The third-order valence-corrected chi connectivity index (χ3v) is 24.9. The standard InChI is InChI=1S/C29H25I2O3S.C25H22F2O4S.C24H21I2O3S/c1-29(2,21-6-4-3-5-7-21)34-28(32)20-33-24-12-18-27(19-13-24)35(25-14-8-22(30)9-15-25)26-16-10-23(31)11-17-26;1-25(2,3)31-22(28)14-30-24-18(26)12-15(13-19(24)27)32-20-10-6-4-8-16(20)23(29)17-9-5-7-11-21(17)32;1-24(2,3)29-22(27)14-28-23-18(25)12-15(13-19(23)26)30-20-10-6-4-8-16(20)17-9-5-7-11-21(17)30/h3-19H,20H2,1-2H3;4-13,16H,14H2,1-3H3;4-13H,14H2,1-3H3/q+1;;+1/p+1. The zero-order valence-corrected chi connectivity index (χ0v) is 65.3. The summed E-state index contributed by atoms with van der Waals surface area (Å²) < 4.78 is 69.8. The monoisotopic (exact) mass is 1810 g/mol. The second kappa shape index (κ2) is 32.2. The molecule has 2 unspecified atom stereocenters. The van der Waals surface area contributed by atoms with Crippen molar-refractivity contribution in [3.8, 4) is 22.1 Å². The van der Waals surface area contributed by atoms with E-state index >= 15 is 0 Å². The van der Waals surface area contributed by atoms with E-state index in [-0.39, 0.29) is 46.3 Å². The summed E-state index contributed by atoms with van der Waals surface area (Å²) in [6.45, 7) is 13.5. The van der Waals surface area contributed by atoms with Crippen LogP contribution in [0.5, 0.6) is 17.2 Å². The first-order chi connectivity index (χ1) is 46.2. The van der Waals surface area contributed by atoms with Gasteiger partial charge in [-0.1, -0.05) is 95.4 Å². The molecule has 19 heteroatoms. The first-order valence-corrected chi connectivity index (χ1v) is 38.8. The highest BCUT2D eigenvalue weighted by Crippen LogP contribution is 2.50. The van der Waals surface area contributed by atoms with Gasteiger partial charge in [0, 0.05) is 52.6 Å². The fourth-order valence-corrected chi connectivity index (χ4v) is 21.2. The molecule has 0 N–H and O–H groups in total. The molecular weight excluding hydrogens is 1740 g/mol. The number of ether oxygens (including phenoxy) is 6. The zero-order chi connectivity index (χ0) is 69.3. The van der Waals surface area contributed by atoms with Crippen LogP contribution in [-0.2, 0) is 55.6 Å². The molecule has 2 heterocycles. The molecule has 2 aliphatic rings. The van der Waals surface area contributed by atoms with E-state index in [2.05, 4.69) is 212 Å². The highest BCUT2D eigenvalue weighted by molar-refractivity contribution is 14.1. The fraction of sp³-hybridized carbons (Fsp3) is 0.192. The van der Waals surface area contributed by atoms with Crippen molar-refractivity contribution in [2.75, 3.05) is 19.8 Å². The molecule has 0 saturated carbocycles. The summed E-state index contributed by atoms with van der Waals surface area (Å²) in [5.74, 6) is -3.03. The van der Waals surface area contributed by atoms with E-state index in [1.54, 1.807) is 32.9 Å². The van der Waals surface area contributed by atoms with Gasteiger partial charge < -0.3 is 28.4 Å². The van der Waals surface area contributed by atoms with Gasteiger partial charge in [-0.15, -0.1) is 0 Å². The molecule has 0 amide bonds. The number of benzene rings is 9. The molecule has 10 aromatic rings. The average Bonchev–Trinajstić information content (AvgIpc) is 1.36. The minimum atomic E-state index is -1.32. The molecule has 1 aliphatic heterocycles. The summed E-state index contributed by atoms with van der Waals surface area (Å²) in [5, 5.41) is 2.62. The molecule has 2 atom stereocenters. The van der Waals surface area contributed by atoms with Gasteiger partial charge in [0.1, 0.15) is 48.9 Å². The van der Waals surface area contributed by atoms with Gasteiger partial charge in [-0.2, -0.15) is 0 Å². The van der Waals surface area contributed by atoms with Crippen LogP contribution in [0.4, 0.5) is 8.78 Å². The van der Waals surface area contributed by atoms with E-state index < -0.39 is 69.1 Å². The Bertz CT molecular complexity index is 4510. The first-order valence-electron chi connectivity index (χ1n) is 30.7. The van der Waals surface area contributed by atoms with Crippen molar-refractivity contribution in [3.05, 3.63) is 262 Å². The highest BCUT2D eigenvalue weighted by atomic mass is 127. The number of rotatable bonds is 16. The third-order valence-electron chi connectivity index (χ3n) is 14.8. The Labute approximate surface area is 626 Å². The Morgan fingerprint density at radius 1 is 0.515 bits per heavy atom. The van der Waals surface area contributed by atoms with Gasteiger partial charge in [0.25, 0.3) is 0 Å². The van der Waals surface area contributed by atoms with Gasteiger partial charge in [-0.05, 0) is 267 Å². The van der Waals surface area contributed by atoms with E-state index in [9.17, 15) is 28.0 Å². The lowest BCUT2D eigenvalue weighted by Crippen LogP contribution is -2.31. The summed E-state index contributed by atoms with van der Waals surface area (Å²) in [7, 11) is -1.71. The maximum absolute atomic E-state index is 14.9. The first kappa shape index (κ1) is 73.2. The van der Waals surface area contributed by atoms with Gasteiger partial charge in [0.2, 0.25) is 0 Å². The van der Waals surface area contributed by atoms with Crippen LogP contribution in [0, 0.1) is 31.8 Å². The summed E-state index contributed by atoms with van der Waals surface area (Å²) in [4.78, 5) is 56.3. The number of halogens is 6. The average molecular weight is 1810 g/mol. The van der Waals surface area contributed by atoms with Crippen molar-refractivity contribution in [1.82, 2.24) is 0 Å². The summed E-state index contributed by atoms with van der Waals surface area (Å²) in [6.07, 6.45) is 7.30. The molecule has 0 radical (unpaired) electrons. The molecule has 0 spiro atoms. The van der Waals surface area contributed by atoms with Crippen molar-refractivity contribution < 1.29 is 56.4 Å². The van der Waals surface area contributed by atoms with E-state index in [1.807, 2.05) is 114 Å². The minimum absolute atomic E-state index is 0.0202. The van der Waals surface area contributed by atoms with Crippen molar-refractivity contribution in [1.29, 1.82) is 0 Å². The Kier molecular flexibility index (Phi) is 24.3. The Hall–Kier alpha value is -6.49. The summed E-state index contributed by atoms with van der Waals surface area (Å²) in [6, 6.07) is 66.3. The number of carbonyl (C=O) groups is 4. The Morgan fingerprint density at radius 2 is 0.969 bits per heavy atom. The number of hydrogen-bond donors (Lipinski definition) is 0. The molecule has 0 saturated heterocycles. The molecule has 1 aromatic heterocycles. The number of ketones is 1. The Balaban J connectivity index is 0.000000158. The number of carbonyl (C=O) groups excluding carboxylic acids is 4. The second-order valence-electron chi connectivity index (χ2n) is 24.7. The largest absolute Gasteiger partial charge is 0.482 e. The van der Waals surface area contributed by atoms with Gasteiger partial charge in [-0.3, -0.25) is 4.79 Å². The topological polar surface area (TPSA) is 124 Å². The van der Waals surface area contributed by atoms with Crippen LogP contribution >= 0.6 is 101 Å². The van der Waals surface area contributed by atoms with Gasteiger partial charge in [-0.25, -0.2) is 23.2 Å². The van der Waals surface area contributed by atoms with E-state index in [0.717, 1.165) is 28.2 Å². The van der Waals surface area contributed by atoms with Crippen molar-refractivity contribution in [2.24, 2.45) is 5.92 Å². The van der Waals surface area contributed by atoms with E-state index in [0.29, 0.717) is 16.2 Å². The molecule has 97 heavy (non-hydrogen) atoms. The molecule has 498 valence electrons. The maximum Gasteiger partial charge on any atom is 0.345 e. The van der Waals surface area contributed by atoms with Crippen LogP contribution in [0.1, 0.15) is 71.3 Å². The predicted octanol–water partition coefficient (Wildman–Crippen LogP) is 20.1. The van der Waals surface area contributed by atoms with Gasteiger partial charge in [0.15, 0.2) is 72.0 Å². The number of thiophene rings is 1. The van der Waals surface area contributed by atoms with E-state index in [1.165, 1.54) is 59.0 Å².